The topological polar surface area (TPSA) is 38.8 Å². The summed E-state index contributed by atoms with van der Waals surface area (Å²) in [5.74, 6) is 0.621. The van der Waals surface area contributed by atoms with Gasteiger partial charge in [-0.05, 0) is 25.0 Å². The Morgan fingerprint density at radius 3 is 3.00 bits per heavy atom. The van der Waals surface area contributed by atoms with E-state index in [1.165, 1.54) is 5.06 Å². The lowest BCUT2D eigenvalue weighted by molar-refractivity contribution is -0.170. The smallest absolute Gasteiger partial charge is 0.283 e. The number of hydrogen-bond donors (Lipinski definition) is 0. The molecule has 16 heavy (non-hydrogen) atoms. The van der Waals surface area contributed by atoms with Crippen LogP contribution in [0.3, 0.4) is 0 Å². The van der Waals surface area contributed by atoms with Crippen molar-refractivity contribution in [1.82, 2.24) is 5.06 Å². The van der Waals surface area contributed by atoms with Gasteiger partial charge in [-0.3, -0.25) is 9.63 Å². The van der Waals surface area contributed by atoms with Gasteiger partial charge in [-0.2, -0.15) is 0 Å². The molecule has 0 bridgehead atoms. The molecule has 0 unspecified atom stereocenters. The van der Waals surface area contributed by atoms with Crippen molar-refractivity contribution in [3.8, 4) is 5.75 Å². The predicted molar refractivity (Wildman–Crippen MR) is 59.0 cm³/mol. The van der Waals surface area contributed by atoms with Crippen molar-refractivity contribution in [2.75, 3.05) is 19.8 Å². The van der Waals surface area contributed by atoms with Crippen molar-refractivity contribution in [1.29, 1.82) is 0 Å². The van der Waals surface area contributed by atoms with Crippen LogP contribution in [0.15, 0.2) is 24.3 Å². The van der Waals surface area contributed by atoms with Crippen molar-refractivity contribution in [3.63, 3.8) is 0 Å². The molecular formula is C12H15NO3. The largest absolute Gasteiger partial charge is 0.483 e. The van der Waals surface area contributed by atoms with Crippen LogP contribution in [0.2, 0.25) is 0 Å². The zero-order chi connectivity index (χ0) is 11.4. The molecule has 4 heteroatoms. The Morgan fingerprint density at radius 2 is 2.31 bits per heavy atom. The minimum atomic E-state index is -0.124. The van der Waals surface area contributed by atoms with E-state index < -0.39 is 0 Å². The predicted octanol–water partition coefficient (Wildman–Crippen LogP) is 1.54. The van der Waals surface area contributed by atoms with E-state index in [0.717, 1.165) is 17.7 Å². The van der Waals surface area contributed by atoms with Crippen molar-refractivity contribution >= 4 is 5.91 Å². The Kier molecular flexibility index (Phi) is 3.41. The lowest BCUT2D eigenvalue weighted by Gasteiger charge is -2.14. The molecule has 1 heterocycles. The van der Waals surface area contributed by atoms with E-state index in [-0.39, 0.29) is 12.5 Å². The number of nitrogens with zero attached hydrogens (tertiary/aromatic N) is 1. The molecular weight excluding hydrogens is 206 g/mol. The first kappa shape index (κ1) is 11.0. The molecule has 0 aromatic heterocycles. The Hall–Kier alpha value is -1.55. The third kappa shape index (κ3) is 2.52. The second-order valence-electron chi connectivity index (χ2n) is 3.74. The van der Waals surface area contributed by atoms with Crippen molar-refractivity contribution in [3.05, 3.63) is 29.8 Å². The Morgan fingerprint density at radius 1 is 1.50 bits per heavy atom. The van der Waals surface area contributed by atoms with Gasteiger partial charge in [0.1, 0.15) is 5.75 Å². The van der Waals surface area contributed by atoms with Crippen LogP contribution in [0, 0.1) is 6.92 Å². The summed E-state index contributed by atoms with van der Waals surface area (Å²) in [7, 11) is 0. The second kappa shape index (κ2) is 4.99. The first-order valence-electron chi connectivity index (χ1n) is 5.39. The highest BCUT2D eigenvalue weighted by molar-refractivity contribution is 5.76. The molecule has 0 saturated carbocycles. The van der Waals surface area contributed by atoms with Crippen molar-refractivity contribution in [2.45, 2.75) is 13.3 Å². The average Bonchev–Trinajstić information content (AvgIpc) is 2.81. The minimum absolute atomic E-state index is 0.0326. The molecule has 0 radical (unpaired) electrons. The van der Waals surface area contributed by atoms with Gasteiger partial charge in [-0.15, -0.1) is 0 Å². The molecule has 1 aliphatic rings. The third-order valence-corrected chi connectivity index (χ3v) is 2.48. The summed E-state index contributed by atoms with van der Waals surface area (Å²) < 4.78 is 5.44. The summed E-state index contributed by atoms with van der Waals surface area (Å²) in [6.07, 6.45) is 0.899. The van der Waals surface area contributed by atoms with Gasteiger partial charge in [0.05, 0.1) is 13.2 Å². The highest BCUT2D eigenvalue weighted by Crippen LogP contribution is 2.16. The van der Waals surface area contributed by atoms with E-state index in [1.54, 1.807) is 0 Å². The van der Waals surface area contributed by atoms with E-state index in [4.69, 9.17) is 9.57 Å². The first-order valence-corrected chi connectivity index (χ1v) is 5.39. The molecule has 1 aromatic carbocycles. The number of ether oxygens (including phenoxy) is 1. The number of benzene rings is 1. The van der Waals surface area contributed by atoms with Gasteiger partial charge in [0.25, 0.3) is 5.91 Å². The van der Waals surface area contributed by atoms with Crippen LogP contribution in [0.5, 0.6) is 5.75 Å². The van der Waals surface area contributed by atoms with Crippen molar-refractivity contribution in [2.24, 2.45) is 0 Å². The standard InChI is InChI=1S/C12H15NO3/c1-10-5-2-3-6-11(10)15-9-12(14)13-7-4-8-16-13/h2-3,5-6H,4,7-9H2,1H3. The SMILES string of the molecule is Cc1ccccc1OCC(=O)N1CCCO1. The van der Waals surface area contributed by atoms with Gasteiger partial charge < -0.3 is 4.74 Å². The van der Waals surface area contributed by atoms with Gasteiger partial charge in [0, 0.05) is 0 Å². The van der Waals surface area contributed by atoms with Gasteiger partial charge in [-0.25, -0.2) is 5.06 Å². The zero-order valence-electron chi connectivity index (χ0n) is 9.31. The number of hydroxylamine groups is 2. The monoisotopic (exact) mass is 221 g/mol. The number of carbonyl (C=O) groups excluding carboxylic acids is 1. The number of para-hydroxylation sites is 1. The Balaban J connectivity index is 1.87. The van der Waals surface area contributed by atoms with Gasteiger partial charge >= 0.3 is 0 Å². The molecule has 1 amide bonds. The quantitative estimate of drug-likeness (QED) is 0.777. The first-order chi connectivity index (χ1) is 7.77. The van der Waals surface area contributed by atoms with Gasteiger partial charge in [-0.1, -0.05) is 18.2 Å². The fraction of sp³-hybridized carbons (Fsp3) is 0.417. The maximum absolute atomic E-state index is 11.6. The van der Waals surface area contributed by atoms with Crippen LogP contribution in [0.1, 0.15) is 12.0 Å². The molecule has 86 valence electrons. The summed E-state index contributed by atoms with van der Waals surface area (Å²) in [5, 5.41) is 1.37. The second-order valence-corrected chi connectivity index (χ2v) is 3.74. The van der Waals surface area contributed by atoms with E-state index in [1.807, 2.05) is 31.2 Å². The zero-order valence-corrected chi connectivity index (χ0v) is 9.31. The lowest BCUT2D eigenvalue weighted by Crippen LogP contribution is -2.31. The molecule has 4 nitrogen and oxygen atoms in total. The molecule has 2 rings (SSSR count). The van der Waals surface area contributed by atoms with E-state index in [2.05, 4.69) is 0 Å². The maximum atomic E-state index is 11.6. The number of aryl methyl sites for hydroxylation is 1. The van der Waals surface area contributed by atoms with Gasteiger partial charge in [0.15, 0.2) is 6.61 Å². The molecule has 1 aromatic rings. The summed E-state index contributed by atoms with van der Waals surface area (Å²) in [5.41, 5.74) is 1.03. The van der Waals surface area contributed by atoms with Crippen LogP contribution in [-0.4, -0.2) is 30.7 Å². The lowest BCUT2D eigenvalue weighted by atomic mass is 10.2. The fourth-order valence-electron chi connectivity index (χ4n) is 1.57. The molecule has 0 N–H and O–H groups in total. The number of rotatable bonds is 3. The molecule has 1 saturated heterocycles. The minimum Gasteiger partial charge on any atom is -0.483 e. The highest BCUT2D eigenvalue weighted by atomic mass is 16.7. The molecule has 0 atom stereocenters. The van der Waals surface area contributed by atoms with Crippen LogP contribution in [-0.2, 0) is 9.63 Å². The molecule has 1 fully saturated rings. The number of carbonyl (C=O) groups is 1. The Bertz CT molecular complexity index is 372. The van der Waals surface area contributed by atoms with E-state index in [0.29, 0.717) is 13.2 Å². The van der Waals surface area contributed by atoms with Crippen LogP contribution >= 0.6 is 0 Å². The average molecular weight is 221 g/mol. The maximum Gasteiger partial charge on any atom is 0.283 e. The molecule has 1 aliphatic heterocycles. The van der Waals surface area contributed by atoms with E-state index in [9.17, 15) is 4.79 Å². The summed E-state index contributed by atoms with van der Waals surface area (Å²) in [6, 6.07) is 7.63. The number of hydrogen-bond acceptors (Lipinski definition) is 3. The molecule has 0 spiro atoms. The van der Waals surface area contributed by atoms with E-state index >= 15 is 0 Å². The van der Waals surface area contributed by atoms with Crippen LogP contribution in [0.4, 0.5) is 0 Å². The number of amides is 1. The summed E-state index contributed by atoms with van der Waals surface area (Å²) in [6.45, 7) is 3.27. The third-order valence-electron chi connectivity index (χ3n) is 2.48. The summed E-state index contributed by atoms with van der Waals surface area (Å²) >= 11 is 0. The fourth-order valence-corrected chi connectivity index (χ4v) is 1.57. The Labute approximate surface area is 94.7 Å². The van der Waals surface area contributed by atoms with Crippen LogP contribution in [0.25, 0.3) is 0 Å². The van der Waals surface area contributed by atoms with Crippen molar-refractivity contribution < 1.29 is 14.4 Å². The highest BCUT2D eigenvalue weighted by Gasteiger charge is 2.19. The molecule has 0 aliphatic carbocycles. The van der Waals surface area contributed by atoms with Gasteiger partial charge in [0.2, 0.25) is 0 Å². The summed E-state index contributed by atoms with van der Waals surface area (Å²) in [4.78, 5) is 16.7. The van der Waals surface area contributed by atoms with Crippen LogP contribution < -0.4 is 4.74 Å². The normalized spacial score (nSPS) is 15.2.